The summed E-state index contributed by atoms with van der Waals surface area (Å²) in [7, 11) is 1.82. The number of primary amides is 1. The van der Waals surface area contributed by atoms with Crippen molar-refractivity contribution in [3.05, 3.63) is 71.3 Å². The quantitative estimate of drug-likeness (QED) is 0.424. The van der Waals surface area contributed by atoms with E-state index < -0.39 is 11.9 Å². The molecule has 2 heterocycles. The van der Waals surface area contributed by atoms with Gasteiger partial charge in [-0.25, -0.2) is 9.78 Å². The van der Waals surface area contributed by atoms with Gasteiger partial charge in [-0.15, -0.1) is 0 Å². The Bertz CT molecular complexity index is 1350. The molecular formula is C23H20ClN5O3. The number of esters is 1. The number of rotatable bonds is 6. The molecule has 162 valence electrons. The summed E-state index contributed by atoms with van der Waals surface area (Å²) < 4.78 is 6.83. The van der Waals surface area contributed by atoms with Crippen LogP contribution in [0.5, 0.6) is 0 Å². The Morgan fingerprint density at radius 3 is 2.66 bits per heavy atom. The smallest absolute Gasteiger partial charge is 0.338 e. The molecule has 0 saturated heterocycles. The largest absolute Gasteiger partial charge is 0.462 e. The maximum atomic E-state index is 12.1. The second kappa shape index (κ2) is 8.68. The SMILES string of the molecule is CCOC(=O)c1cccc(Nc2c(C(N)=O)cnc3cc(-c4cnc(Cl)n4C)ccc23)c1. The molecule has 9 heteroatoms. The summed E-state index contributed by atoms with van der Waals surface area (Å²) in [4.78, 5) is 32.7. The summed E-state index contributed by atoms with van der Waals surface area (Å²) in [6.45, 7) is 2.03. The van der Waals surface area contributed by atoms with Gasteiger partial charge < -0.3 is 20.4 Å². The number of ether oxygens (including phenoxy) is 1. The van der Waals surface area contributed by atoms with Gasteiger partial charge in [0.15, 0.2) is 0 Å². The van der Waals surface area contributed by atoms with E-state index in [-0.39, 0.29) is 12.2 Å². The zero-order valence-electron chi connectivity index (χ0n) is 17.4. The third-order valence-corrected chi connectivity index (χ3v) is 5.36. The number of imidazole rings is 1. The van der Waals surface area contributed by atoms with E-state index in [1.54, 1.807) is 42.0 Å². The lowest BCUT2D eigenvalue weighted by Gasteiger charge is -2.14. The maximum absolute atomic E-state index is 12.1. The number of halogens is 1. The molecule has 32 heavy (non-hydrogen) atoms. The number of hydrogen-bond donors (Lipinski definition) is 2. The summed E-state index contributed by atoms with van der Waals surface area (Å²) in [5, 5.41) is 4.29. The number of nitrogens with two attached hydrogens (primary N) is 1. The Morgan fingerprint density at radius 2 is 1.97 bits per heavy atom. The third kappa shape index (κ3) is 4.00. The van der Waals surface area contributed by atoms with Crippen molar-refractivity contribution >= 4 is 45.8 Å². The first-order valence-electron chi connectivity index (χ1n) is 9.83. The van der Waals surface area contributed by atoms with E-state index in [2.05, 4.69) is 15.3 Å². The van der Waals surface area contributed by atoms with Crippen molar-refractivity contribution < 1.29 is 14.3 Å². The van der Waals surface area contributed by atoms with E-state index in [0.29, 0.717) is 33.1 Å². The van der Waals surface area contributed by atoms with Crippen molar-refractivity contribution in [2.45, 2.75) is 6.92 Å². The second-order valence-corrected chi connectivity index (χ2v) is 7.38. The zero-order valence-corrected chi connectivity index (χ0v) is 18.2. The van der Waals surface area contributed by atoms with Crippen molar-refractivity contribution in [2.24, 2.45) is 12.8 Å². The van der Waals surface area contributed by atoms with Gasteiger partial charge in [-0.1, -0.05) is 18.2 Å². The van der Waals surface area contributed by atoms with Crippen molar-refractivity contribution in [1.29, 1.82) is 0 Å². The van der Waals surface area contributed by atoms with Crippen LogP contribution in [0.15, 0.2) is 54.9 Å². The number of anilines is 2. The van der Waals surface area contributed by atoms with E-state index in [1.165, 1.54) is 6.20 Å². The lowest BCUT2D eigenvalue weighted by Crippen LogP contribution is -2.14. The third-order valence-electron chi connectivity index (χ3n) is 5.00. The van der Waals surface area contributed by atoms with Crippen LogP contribution in [0.25, 0.3) is 22.2 Å². The number of nitrogens with one attached hydrogen (secondary N) is 1. The van der Waals surface area contributed by atoms with Gasteiger partial charge in [0.1, 0.15) is 0 Å². The Hall–Kier alpha value is -3.91. The molecule has 0 radical (unpaired) electrons. The van der Waals surface area contributed by atoms with Crippen molar-refractivity contribution in [3.8, 4) is 11.3 Å². The molecule has 4 aromatic rings. The summed E-state index contributed by atoms with van der Waals surface area (Å²) in [5.74, 6) is -1.05. The van der Waals surface area contributed by atoms with E-state index in [4.69, 9.17) is 22.1 Å². The Kier molecular flexibility index (Phi) is 5.79. The van der Waals surface area contributed by atoms with Gasteiger partial charge in [-0.2, -0.15) is 0 Å². The number of fused-ring (bicyclic) bond motifs is 1. The molecule has 8 nitrogen and oxygen atoms in total. The molecule has 0 aliphatic carbocycles. The number of benzene rings is 2. The van der Waals surface area contributed by atoms with Crippen molar-refractivity contribution in [1.82, 2.24) is 14.5 Å². The van der Waals surface area contributed by atoms with Crippen LogP contribution in [0.1, 0.15) is 27.6 Å². The highest BCUT2D eigenvalue weighted by Gasteiger charge is 2.16. The molecule has 2 aromatic carbocycles. The number of carbonyl (C=O) groups excluding carboxylic acids is 2. The average Bonchev–Trinajstić information content (AvgIpc) is 3.12. The lowest BCUT2D eigenvalue weighted by atomic mass is 10.0. The molecular weight excluding hydrogens is 430 g/mol. The molecule has 0 atom stereocenters. The molecule has 3 N–H and O–H groups in total. The van der Waals surface area contributed by atoms with Gasteiger partial charge in [0.25, 0.3) is 5.91 Å². The summed E-state index contributed by atoms with van der Waals surface area (Å²) >= 11 is 6.07. The lowest BCUT2D eigenvalue weighted by molar-refractivity contribution is 0.0526. The fourth-order valence-corrected chi connectivity index (χ4v) is 3.55. The number of carbonyl (C=O) groups is 2. The second-order valence-electron chi connectivity index (χ2n) is 7.04. The molecule has 0 aliphatic heterocycles. The van der Waals surface area contributed by atoms with E-state index in [9.17, 15) is 9.59 Å². The minimum Gasteiger partial charge on any atom is -0.462 e. The predicted octanol–water partition coefficient (Wildman–Crippen LogP) is 4.31. The fraction of sp³-hybridized carbons (Fsp3) is 0.130. The van der Waals surface area contributed by atoms with Crippen LogP contribution in [-0.4, -0.2) is 33.0 Å². The molecule has 0 unspecified atom stereocenters. The Balaban J connectivity index is 1.80. The van der Waals surface area contributed by atoms with Crippen LogP contribution in [-0.2, 0) is 11.8 Å². The Morgan fingerprint density at radius 1 is 1.16 bits per heavy atom. The highest BCUT2D eigenvalue weighted by atomic mass is 35.5. The van der Waals surface area contributed by atoms with Crippen molar-refractivity contribution in [2.75, 3.05) is 11.9 Å². The van der Waals surface area contributed by atoms with Gasteiger partial charge in [0.05, 0.1) is 40.8 Å². The normalized spacial score (nSPS) is 10.8. The van der Waals surface area contributed by atoms with E-state index in [0.717, 1.165) is 11.3 Å². The van der Waals surface area contributed by atoms with Crippen LogP contribution in [0.4, 0.5) is 11.4 Å². The highest BCUT2D eigenvalue weighted by molar-refractivity contribution is 6.28. The first kappa shape index (κ1) is 21.3. The minimum atomic E-state index is -0.619. The monoisotopic (exact) mass is 449 g/mol. The van der Waals surface area contributed by atoms with Gasteiger partial charge >= 0.3 is 5.97 Å². The molecule has 0 aliphatic rings. The predicted molar refractivity (Wildman–Crippen MR) is 123 cm³/mol. The fourth-order valence-electron chi connectivity index (χ4n) is 3.41. The molecule has 2 aromatic heterocycles. The number of pyridine rings is 1. The average molecular weight is 450 g/mol. The first-order chi connectivity index (χ1) is 15.4. The molecule has 0 spiro atoms. The Labute approximate surface area is 189 Å². The standard InChI is InChI=1S/C23H20ClN5O3/c1-3-32-22(31)14-5-4-6-15(9-14)28-20-16-8-7-13(19-12-27-23(24)29(19)2)10-18(16)26-11-17(20)21(25)30/h4-12H,3H2,1-2H3,(H2,25,30)(H,26,28). The molecule has 1 amide bonds. The van der Waals surface area contributed by atoms with Crippen LogP contribution >= 0.6 is 11.6 Å². The van der Waals surface area contributed by atoms with Crippen LogP contribution in [0, 0.1) is 0 Å². The topological polar surface area (TPSA) is 112 Å². The van der Waals surface area contributed by atoms with Crippen LogP contribution in [0.2, 0.25) is 5.28 Å². The number of aromatic nitrogens is 3. The molecule has 0 bridgehead atoms. The first-order valence-corrected chi connectivity index (χ1v) is 10.2. The van der Waals surface area contributed by atoms with E-state index >= 15 is 0 Å². The maximum Gasteiger partial charge on any atom is 0.338 e. The summed E-state index contributed by atoms with van der Waals surface area (Å²) in [6.07, 6.45) is 3.11. The number of amides is 1. The van der Waals surface area contributed by atoms with Gasteiger partial charge in [0, 0.05) is 29.9 Å². The minimum absolute atomic E-state index is 0.232. The molecule has 0 fully saturated rings. The molecule has 4 rings (SSSR count). The molecule has 0 saturated carbocycles. The summed E-state index contributed by atoms with van der Waals surface area (Å²) in [5.41, 5.74) is 9.68. The summed E-state index contributed by atoms with van der Waals surface area (Å²) in [6, 6.07) is 12.5. The number of hydrogen-bond acceptors (Lipinski definition) is 6. The van der Waals surface area contributed by atoms with Crippen LogP contribution in [0.3, 0.4) is 0 Å². The highest BCUT2D eigenvalue weighted by Crippen LogP contribution is 2.32. The van der Waals surface area contributed by atoms with Gasteiger partial charge in [-0.3, -0.25) is 9.78 Å². The van der Waals surface area contributed by atoms with Crippen LogP contribution < -0.4 is 11.1 Å². The van der Waals surface area contributed by atoms with Crippen molar-refractivity contribution in [3.63, 3.8) is 0 Å². The van der Waals surface area contributed by atoms with Gasteiger partial charge in [-0.05, 0) is 42.8 Å². The van der Waals surface area contributed by atoms with Gasteiger partial charge in [0.2, 0.25) is 5.28 Å². The number of nitrogens with zero attached hydrogens (tertiary/aromatic N) is 3. The van der Waals surface area contributed by atoms with E-state index in [1.807, 2.05) is 25.2 Å². The zero-order chi connectivity index (χ0) is 22.8.